The van der Waals surface area contributed by atoms with Crippen LogP contribution in [0.5, 0.6) is 0 Å². The highest BCUT2D eigenvalue weighted by molar-refractivity contribution is 5.27. The maximum Gasteiger partial charge on any atom is 0.410 e. The molecule has 0 fully saturated rings. The first-order valence-electron chi connectivity index (χ1n) is 4.43. The van der Waals surface area contributed by atoms with Crippen LogP contribution < -0.4 is 5.32 Å². The van der Waals surface area contributed by atoms with E-state index in [1.165, 1.54) is 0 Å². The molecule has 0 radical (unpaired) electrons. The van der Waals surface area contributed by atoms with E-state index in [4.69, 9.17) is 0 Å². The highest BCUT2D eigenvalue weighted by Gasteiger charge is 2.51. The van der Waals surface area contributed by atoms with Crippen molar-refractivity contribution in [1.82, 2.24) is 5.32 Å². The van der Waals surface area contributed by atoms with Gasteiger partial charge in [0, 0.05) is 6.07 Å². The Hall–Kier alpha value is -1.17. The van der Waals surface area contributed by atoms with Crippen LogP contribution in [0.25, 0.3) is 0 Å². The Balaban J connectivity index is 3.34. The van der Waals surface area contributed by atoms with Gasteiger partial charge in [0.05, 0.1) is 0 Å². The summed E-state index contributed by atoms with van der Waals surface area (Å²) < 4.78 is 63.9. The van der Waals surface area contributed by atoms with Gasteiger partial charge in [-0.15, -0.1) is 0 Å². The van der Waals surface area contributed by atoms with Crippen LogP contribution in [0.1, 0.15) is 12.5 Å². The van der Waals surface area contributed by atoms with Crippen molar-refractivity contribution < 1.29 is 22.0 Å². The molecule has 0 aromatic heterocycles. The molecule has 0 aliphatic carbocycles. The standard InChI is InChI=1S/C10H10F5N/c1-9(16-2,10(13,14)15)6-3-7(11)5-8(12)4-6/h3-5,16H,1-2H3. The Labute approximate surface area is 89.3 Å². The van der Waals surface area contributed by atoms with Crippen LogP contribution in [0.2, 0.25) is 0 Å². The SMILES string of the molecule is CNC(C)(c1cc(F)cc(F)c1)C(F)(F)F. The Morgan fingerprint density at radius 2 is 1.44 bits per heavy atom. The molecule has 0 aliphatic heterocycles. The third kappa shape index (κ3) is 2.16. The smallest absolute Gasteiger partial charge is 0.303 e. The molecule has 0 amide bonds. The maximum atomic E-state index is 12.8. The molecule has 1 aromatic rings. The fraction of sp³-hybridized carbons (Fsp3) is 0.400. The second-order valence-corrected chi connectivity index (χ2v) is 3.53. The number of nitrogens with one attached hydrogen (secondary N) is 1. The van der Waals surface area contributed by atoms with E-state index in [9.17, 15) is 22.0 Å². The van der Waals surface area contributed by atoms with Gasteiger partial charge in [-0.1, -0.05) is 0 Å². The maximum absolute atomic E-state index is 12.8. The predicted molar refractivity (Wildman–Crippen MR) is 48.8 cm³/mol. The molecular weight excluding hydrogens is 229 g/mol. The lowest BCUT2D eigenvalue weighted by atomic mass is 9.91. The summed E-state index contributed by atoms with van der Waals surface area (Å²) in [6.45, 7) is 0.821. The van der Waals surface area contributed by atoms with E-state index in [2.05, 4.69) is 0 Å². The Kier molecular flexibility index (Phi) is 3.23. The lowest BCUT2D eigenvalue weighted by Gasteiger charge is -2.32. The fourth-order valence-electron chi connectivity index (χ4n) is 1.29. The summed E-state index contributed by atoms with van der Waals surface area (Å²) in [7, 11) is 1.08. The van der Waals surface area contributed by atoms with E-state index in [0.29, 0.717) is 18.2 Å². The van der Waals surface area contributed by atoms with Crippen molar-refractivity contribution in [3.63, 3.8) is 0 Å². The Morgan fingerprint density at radius 1 is 1.00 bits per heavy atom. The van der Waals surface area contributed by atoms with Crippen molar-refractivity contribution in [2.45, 2.75) is 18.6 Å². The number of rotatable bonds is 2. The first-order chi connectivity index (χ1) is 7.20. The van der Waals surface area contributed by atoms with Crippen LogP contribution in [-0.2, 0) is 5.54 Å². The van der Waals surface area contributed by atoms with E-state index in [-0.39, 0.29) is 0 Å². The first kappa shape index (κ1) is 12.9. The molecule has 1 unspecified atom stereocenters. The number of halogens is 5. The van der Waals surface area contributed by atoms with Crippen LogP contribution in [0.4, 0.5) is 22.0 Å². The molecule has 0 aliphatic rings. The summed E-state index contributed by atoms with van der Waals surface area (Å²) in [5, 5.41) is 2.03. The summed E-state index contributed by atoms with van der Waals surface area (Å²) in [6, 6.07) is 1.84. The fourth-order valence-corrected chi connectivity index (χ4v) is 1.29. The highest BCUT2D eigenvalue weighted by atomic mass is 19.4. The van der Waals surface area contributed by atoms with Crippen LogP contribution in [0.15, 0.2) is 18.2 Å². The molecule has 90 valence electrons. The molecular formula is C10H10F5N. The monoisotopic (exact) mass is 239 g/mol. The molecule has 1 atom stereocenters. The van der Waals surface area contributed by atoms with Gasteiger partial charge in [0.15, 0.2) is 0 Å². The zero-order valence-corrected chi connectivity index (χ0v) is 8.62. The van der Waals surface area contributed by atoms with Crippen molar-refractivity contribution in [3.05, 3.63) is 35.4 Å². The van der Waals surface area contributed by atoms with Crippen LogP contribution in [0.3, 0.4) is 0 Å². The van der Waals surface area contributed by atoms with Gasteiger partial charge in [-0.05, 0) is 31.7 Å². The molecule has 6 heteroatoms. The summed E-state index contributed by atoms with van der Waals surface area (Å²) in [5.41, 5.74) is -2.98. The molecule has 1 rings (SSSR count). The lowest BCUT2D eigenvalue weighted by molar-refractivity contribution is -0.193. The first-order valence-corrected chi connectivity index (χ1v) is 4.43. The van der Waals surface area contributed by atoms with Crippen LogP contribution in [-0.4, -0.2) is 13.2 Å². The number of hydrogen-bond donors (Lipinski definition) is 1. The minimum Gasteiger partial charge on any atom is -0.303 e. The van der Waals surface area contributed by atoms with Crippen molar-refractivity contribution in [3.8, 4) is 0 Å². The molecule has 0 heterocycles. The number of alkyl halides is 3. The van der Waals surface area contributed by atoms with Crippen LogP contribution in [0, 0.1) is 11.6 Å². The van der Waals surface area contributed by atoms with E-state index in [1.807, 2.05) is 5.32 Å². The highest BCUT2D eigenvalue weighted by Crippen LogP contribution is 2.38. The average Bonchev–Trinajstić information content (AvgIpc) is 2.13. The average molecular weight is 239 g/mol. The molecule has 1 N–H and O–H groups in total. The summed E-state index contributed by atoms with van der Waals surface area (Å²) in [4.78, 5) is 0. The molecule has 0 saturated heterocycles. The van der Waals surface area contributed by atoms with Crippen molar-refractivity contribution >= 4 is 0 Å². The van der Waals surface area contributed by atoms with Crippen LogP contribution >= 0.6 is 0 Å². The Bertz CT molecular complexity index is 367. The third-order valence-corrected chi connectivity index (χ3v) is 2.51. The predicted octanol–water partition coefficient (Wildman–Crippen LogP) is 2.96. The quantitative estimate of drug-likeness (QED) is 0.782. The van der Waals surface area contributed by atoms with Gasteiger partial charge in [0.2, 0.25) is 0 Å². The minimum atomic E-state index is -4.65. The van der Waals surface area contributed by atoms with Crippen molar-refractivity contribution in [1.29, 1.82) is 0 Å². The molecule has 1 nitrogen and oxygen atoms in total. The van der Waals surface area contributed by atoms with E-state index in [0.717, 1.165) is 14.0 Å². The molecule has 0 saturated carbocycles. The number of benzene rings is 1. The van der Waals surface area contributed by atoms with Gasteiger partial charge >= 0.3 is 6.18 Å². The topological polar surface area (TPSA) is 12.0 Å². The van der Waals surface area contributed by atoms with Gasteiger partial charge in [-0.25, -0.2) is 8.78 Å². The molecule has 0 bridgehead atoms. The van der Waals surface area contributed by atoms with Crippen molar-refractivity contribution in [2.24, 2.45) is 0 Å². The third-order valence-electron chi connectivity index (χ3n) is 2.51. The normalized spacial score (nSPS) is 15.9. The lowest BCUT2D eigenvalue weighted by Crippen LogP contribution is -2.50. The Morgan fingerprint density at radius 3 is 1.75 bits per heavy atom. The van der Waals surface area contributed by atoms with E-state index < -0.39 is 28.9 Å². The van der Waals surface area contributed by atoms with Gasteiger partial charge < -0.3 is 5.32 Å². The molecule has 0 spiro atoms. The molecule has 1 aromatic carbocycles. The van der Waals surface area contributed by atoms with Gasteiger partial charge in [-0.3, -0.25) is 0 Å². The van der Waals surface area contributed by atoms with Crippen molar-refractivity contribution in [2.75, 3.05) is 7.05 Å². The van der Waals surface area contributed by atoms with Gasteiger partial charge in [0.25, 0.3) is 0 Å². The summed E-state index contributed by atoms with van der Waals surface area (Å²) >= 11 is 0. The molecule has 16 heavy (non-hydrogen) atoms. The largest absolute Gasteiger partial charge is 0.410 e. The zero-order valence-electron chi connectivity index (χ0n) is 8.62. The zero-order chi connectivity index (χ0) is 12.6. The van der Waals surface area contributed by atoms with E-state index in [1.54, 1.807) is 0 Å². The van der Waals surface area contributed by atoms with Gasteiger partial charge in [0.1, 0.15) is 17.2 Å². The summed E-state index contributed by atoms with van der Waals surface area (Å²) in [6.07, 6.45) is -4.65. The summed E-state index contributed by atoms with van der Waals surface area (Å²) in [5.74, 6) is -2.08. The second-order valence-electron chi connectivity index (χ2n) is 3.53. The minimum absolute atomic E-state index is 0.500. The van der Waals surface area contributed by atoms with E-state index >= 15 is 0 Å². The second kappa shape index (κ2) is 4.01. The number of hydrogen-bond acceptors (Lipinski definition) is 1. The van der Waals surface area contributed by atoms with Gasteiger partial charge in [-0.2, -0.15) is 13.2 Å².